The normalized spacial score (nSPS) is 28.1. The lowest BCUT2D eigenvalue weighted by Crippen LogP contribution is -2.26. The van der Waals surface area contributed by atoms with E-state index >= 15 is 0 Å². The van der Waals surface area contributed by atoms with Crippen LogP contribution in [0.2, 0.25) is 0 Å². The standard InChI is InChI=1S/C15H21NO3/c1-4-5-16-13(17)10-6-12-15(19-12,7-9(2)3)8-11(10)14(16)18/h4,9,12,17-18H,1,5-8H2,2-3H3. The number of hydrogen-bond donors (Lipinski definition) is 2. The van der Waals surface area contributed by atoms with E-state index < -0.39 is 0 Å². The molecule has 4 heteroatoms. The van der Waals surface area contributed by atoms with Gasteiger partial charge in [0, 0.05) is 30.5 Å². The molecule has 1 saturated heterocycles. The molecule has 2 unspecified atom stereocenters. The van der Waals surface area contributed by atoms with Gasteiger partial charge in [0.25, 0.3) is 0 Å². The molecule has 0 amide bonds. The maximum absolute atomic E-state index is 10.3. The van der Waals surface area contributed by atoms with Gasteiger partial charge in [-0.05, 0) is 12.3 Å². The Bertz CT molecular complexity index is 532. The largest absolute Gasteiger partial charge is 0.494 e. The molecule has 1 aromatic heterocycles. The molecule has 2 heterocycles. The van der Waals surface area contributed by atoms with Gasteiger partial charge in [-0.1, -0.05) is 19.9 Å². The van der Waals surface area contributed by atoms with Gasteiger partial charge in [0.1, 0.15) is 0 Å². The number of aromatic nitrogens is 1. The molecule has 0 saturated carbocycles. The van der Waals surface area contributed by atoms with Crippen molar-refractivity contribution >= 4 is 0 Å². The molecular formula is C15H21NO3. The molecule has 19 heavy (non-hydrogen) atoms. The van der Waals surface area contributed by atoms with Crippen molar-refractivity contribution in [3.63, 3.8) is 0 Å². The van der Waals surface area contributed by atoms with Crippen molar-refractivity contribution in [3.8, 4) is 11.8 Å². The van der Waals surface area contributed by atoms with Gasteiger partial charge in [0.2, 0.25) is 0 Å². The molecule has 3 rings (SSSR count). The molecule has 0 aromatic carbocycles. The molecule has 1 aromatic rings. The highest BCUT2D eigenvalue weighted by atomic mass is 16.6. The maximum Gasteiger partial charge on any atom is 0.197 e. The average molecular weight is 263 g/mol. The summed E-state index contributed by atoms with van der Waals surface area (Å²) in [7, 11) is 0. The quantitative estimate of drug-likeness (QED) is 0.647. The predicted molar refractivity (Wildman–Crippen MR) is 72.4 cm³/mol. The summed E-state index contributed by atoms with van der Waals surface area (Å²) in [6, 6.07) is 0. The van der Waals surface area contributed by atoms with Crippen LogP contribution < -0.4 is 0 Å². The first kappa shape index (κ1) is 12.6. The molecule has 2 atom stereocenters. The highest BCUT2D eigenvalue weighted by Crippen LogP contribution is 2.54. The molecule has 4 nitrogen and oxygen atoms in total. The van der Waals surface area contributed by atoms with E-state index in [0.29, 0.717) is 25.3 Å². The van der Waals surface area contributed by atoms with Crippen LogP contribution in [-0.2, 0) is 24.1 Å². The van der Waals surface area contributed by atoms with Crippen LogP contribution in [0.3, 0.4) is 0 Å². The number of ether oxygens (including phenoxy) is 1. The van der Waals surface area contributed by atoms with Crippen LogP contribution in [0.15, 0.2) is 12.7 Å². The van der Waals surface area contributed by atoms with Crippen LogP contribution in [0.25, 0.3) is 0 Å². The Morgan fingerprint density at radius 1 is 1.42 bits per heavy atom. The van der Waals surface area contributed by atoms with Gasteiger partial charge in [-0.15, -0.1) is 6.58 Å². The Hall–Kier alpha value is -1.42. The zero-order valence-corrected chi connectivity index (χ0v) is 11.5. The van der Waals surface area contributed by atoms with Crippen molar-refractivity contribution in [1.82, 2.24) is 4.57 Å². The summed E-state index contributed by atoms with van der Waals surface area (Å²) in [5, 5.41) is 20.5. The van der Waals surface area contributed by atoms with Gasteiger partial charge < -0.3 is 14.9 Å². The average Bonchev–Trinajstić information content (AvgIpc) is 2.98. The van der Waals surface area contributed by atoms with Gasteiger partial charge >= 0.3 is 0 Å². The molecule has 0 spiro atoms. The monoisotopic (exact) mass is 263 g/mol. The number of allylic oxidation sites excluding steroid dienone is 1. The first-order valence-corrected chi connectivity index (χ1v) is 6.89. The van der Waals surface area contributed by atoms with E-state index in [1.165, 1.54) is 4.57 Å². The van der Waals surface area contributed by atoms with Gasteiger partial charge in [-0.3, -0.25) is 4.57 Å². The zero-order valence-electron chi connectivity index (χ0n) is 11.5. The smallest absolute Gasteiger partial charge is 0.197 e. The fraction of sp³-hybridized carbons (Fsp3) is 0.600. The summed E-state index contributed by atoms with van der Waals surface area (Å²) in [5.74, 6) is 0.906. The molecule has 1 fully saturated rings. The van der Waals surface area contributed by atoms with E-state index in [0.717, 1.165) is 17.5 Å². The van der Waals surface area contributed by atoms with Crippen LogP contribution in [0.5, 0.6) is 11.8 Å². The second-order valence-corrected chi connectivity index (χ2v) is 6.15. The number of aromatic hydroxyl groups is 2. The Morgan fingerprint density at radius 2 is 2.11 bits per heavy atom. The van der Waals surface area contributed by atoms with Crippen molar-refractivity contribution in [2.45, 2.75) is 51.4 Å². The maximum atomic E-state index is 10.3. The van der Waals surface area contributed by atoms with E-state index in [2.05, 4.69) is 20.4 Å². The summed E-state index contributed by atoms with van der Waals surface area (Å²) >= 11 is 0. The Kier molecular flexibility index (Phi) is 2.68. The Labute approximate surface area is 113 Å². The lowest BCUT2D eigenvalue weighted by atomic mass is 9.81. The fourth-order valence-corrected chi connectivity index (χ4v) is 3.46. The van der Waals surface area contributed by atoms with Crippen LogP contribution >= 0.6 is 0 Å². The number of fused-ring (bicyclic) bond motifs is 2. The van der Waals surface area contributed by atoms with E-state index in [1.54, 1.807) is 6.08 Å². The van der Waals surface area contributed by atoms with Gasteiger partial charge in [-0.25, -0.2) is 0 Å². The molecule has 0 bridgehead atoms. The minimum atomic E-state index is -0.106. The number of rotatable bonds is 4. The van der Waals surface area contributed by atoms with E-state index in [1.807, 2.05) is 0 Å². The fourth-order valence-electron chi connectivity index (χ4n) is 3.46. The van der Waals surface area contributed by atoms with Crippen molar-refractivity contribution in [2.24, 2.45) is 5.92 Å². The second-order valence-electron chi connectivity index (χ2n) is 6.15. The van der Waals surface area contributed by atoms with Crippen molar-refractivity contribution in [3.05, 3.63) is 23.8 Å². The Balaban J connectivity index is 1.95. The highest BCUT2D eigenvalue weighted by Gasteiger charge is 2.59. The first-order chi connectivity index (χ1) is 8.98. The van der Waals surface area contributed by atoms with Crippen molar-refractivity contribution < 1.29 is 14.9 Å². The van der Waals surface area contributed by atoms with Crippen LogP contribution in [0, 0.1) is 5.92 Å². The second kappa shape index (κ2) is 4.04. The SMILES string of the molecule is C=CCn1c(O)c2c(c1O)CC1(CC(C)C)OC1C2. The zero-order chi connectivity index (χ0) is 13.8. The summed E-state index contributed by atoms with van der Waals surface area (Å²) in [6.45, 7) is 8.44. The third-order valence-corrected chi connectivity index (χ3v) is 4.25. The van der Waals surface area contributed by atoms with Gasteiger partial charge in [-0.2, -0.15) is 0 Å². The summed E-state index contributed by atoms with van der Waals surface area (Å²) in [6.07, 6.45) is 4.28. The van der Waals surface area contributed by atoms with Crippen LogP contribution in [0.1, 0.15) is 31.4 Å². The third-order valence-electron chi connectivity index (χ3n) is 4.25. The van der Waals surface area contributed by atoms with Crippen LogP contribution in [0.4, 0.5) is 0 Å². The molecule has 2 aliphatic rings. The molecule has 0 radical (unpaired) electrons. The number of hydrogen-bond acceptors (Lipinski definition) is 3. The lowest BCUT2D eigenvalue weighted by Gasteiger charge is -2.19. The summed E-state index contributed by atoms with van der Waals surface area (Å²) in [4.78, 5) is 0. The summed E-state index contributed by atoms with van der Waals surface area (Å²) in [5.41, 5.74) is 1.60. The Morgan fingerprint density at radius 3 is 2.74 bits per heavy atom. The lowest BCUT2D eigenvalue weighted by molar-refractivity contribution is 0.257. The van der Waals surface area contributed by atoms with E-state index in [9.17, 15) is 10.2 Å². The van der Waals surface area contributed by atoms with Gasteiger partial charge in [0.05, 0.1) is 11.7 Å². The topological polar surface area (TPSA) is 57.9 Å². The number of nitrogens with zero attached hydrogens (tertiary/aromatic N) is 1. The molecule has 104 valence electrons. The van der Waals surface area contributed by atoms with Crippen molar-refractivity contribution in [2.75, 3.05) is 0 Å². The molecular weight excluding hydrogens is 242 g/mol. The summed E-state index contributed by atoms with van der Waals surface area (Å²) < 4.78 is 7.39. The predicted octanol–water partition coefficient (Wildman–Crippen LogP) is 2.37. The van der Waals surface area contributed by atoms with Gasteiger partial charge in [0.15, 0.2) is 11.8 Å². The van der Waals surface area contributed by atoms with Crippen LogP contribution in [-0.4, -0.2) is 26.5 Å². The van der Waals surface area contributed by atoms with Crippen molar-refractivity contribution in [1.29, 1.82) is 0 Å². The molecule has 1 aliphatic heterocycles. The van der Waals surface area contributed by atoms with E-state index in [4.69, 9.17) is 4.74 Å². The third kappa shape index (κ3) is 1.77. The number of epoxide rings is 1. The first-order valence-electron chi connectivity index (χ1n) is 6.89. The molecule has 1 aliphatic carbocycles. The van der Waals surface area contributed by atoms with E-state index in [-0.39, 0.29) is 23.5 Å². The molecule has 2 N–H and O–H groups in total. The highest BCUT2D eigenvalue weighted by molar-refractivity contribution is 5.50. The minimum Gasteiger partial charge on any atom is -0.494 e. The minimum absolute atomic E-state index is 0.106.